The van der Waals surface area contributed by atoms with Crippen molar-refractivity contribution >= 4 is 11.9 Å². The van der Waals surface area contributed by atoms with E-state index in [-0.39, 0.29) is 17.6 Å². The third kappa shape index (κ3) is 5.23. The van der Waals surface area contributed by atoms with Crippen LogP contribution < -0.4 is 15.4 Å². The van der Waals surface area contributed by atoms with Gasteiger partial charge in [0.15, 0.2) is 0 Å². The van der Waals surface area contributed by atoms with E-state index in [9.17, 15) is 13.6 Å². The lowest BCUT2D eigenvalue weighted by atomic mass is 9.87. The zero-order chi connectivity index (χ0) is 21.1. The maximum absolute atomic E-state index is 12.7. The van der Waals surface area contributed by atoms with Crippen molar-refractivity contribution in [3.8, 4) is 5.75 Å². The number of carbonyl (C=O) groups excluding carboxylic acids is 1. The van der Waals surface area contributed by atoms with E-state index in [4.69, 9.17) is 0 Å². The van der Waals surface area contributed by atoms with Gasteiger partial charge in [0, 0.05) is 36.8 Å². The Kier molecular flexibility index (Phi) is 6.11. The molecule has 4 rings (SSSR count). The number of alkyl halides is 2. The maximum atomic E-state index is 12.7. The van der Waals surface area contributed by atoms with Crippen LogP contribution in [0.4, 0.5) is 14.7 Å². The number of rotatable bonds is 8. The van der Waals surface area contributed by atoms with E-state index >= 15 is 0 Å². The summed E-state index contributed by atoms with van der Waals surface area (Å²) in [6.45, 7) is -0.351. The molecule has 160 valence electrons. The van der Waals surface area contributed by atoms with Crippen LogP contribution in [0.2, 0.25) is 0 Å². The minimum absolute atomic E-state index is 0.0203. The van der Waals surface area contributed by atoms with E-state index < -0.39 is 6.61 Å². The van der Waals surface area contributed by atoms with Gasteiger partial charge in [-0.1, -0.05) is 12.1 Å². The van der Waals surface area contributed by atoms with E-state index in [1.54, 1.807) is 12.1 Å². The molecule has 6 nitrogen and oxygen atoms in total. The number of nitrogens with zero attached hydrogens (tertiary/aromatic N) is 2. The number of aromatic nitrogens is 2. The summed E-state index contributed by atoms with van der Waals surface area (Å²) in [6, 6.07) is 6.64. The Morgan fingerprint density at radius 2 is 2.00 bits per heavy atom. The van der Waals surface area contributed by atoms with E-state index in [0.29, 0.717) is 30.9 Å². The van der Waals surface area contributed by atoms with Gasteiger partial charge in [0.25, 0.3) is 0 Å². The van der Waals surface area contributed by atoms with Crippen molar-refractivity contribution in [2.75, 3.05) is 5.32 Å². The van der Waals surface area contributed by atoms with Crippen molar-refractivity contribution in [1.29, 1.82) is 0 Å². The maximum Gasteiger partial charge on any atom is 0.387 e. The zero-order valence-corrected chi connectivity index (χ0v) is 16.9. The Morgan fingerprint density at radius 1 is 1.23 bits per heavy atom. The lowest BCUT2D eigenvalue weighted by Gasteiger charge is -2.24. The van der Waals surface area contributed by atoms with Crippen molar-refractivity contribution in [2.45, 2.75) is 58.2 Å². The summed E-state index contributed by atoms with van der Waals surface area (Å²) in [5.74, 6) is 1.29. The SMILES string of the molecule is C[C@@H](Nc1ncc2c(n1)C[C@@H](C(=O)NCc1ccc(OC(F)F)cc1)CC2)C1CC1. The molecule has 2 aromatic rings. The van der Waals surface area contributed by atoms with Crippen LogP contribution in [0.5, 0.6) is 5.75 Å². The van der Waals surface area contributed by atoms with Gasteiger partial charge in [-0.2, -0.15) is 8.78 Å². The average molecular weight is 416 g/mol. The van der Waals surface area contributed by atoms with Gasteiger partial charge in [-0.3, -0.25) is 4.79 Å². The molecule has 1 fully saturated rings. The highest BCUT2D eigenvalue weighted by Crippen LogP contribution is 2.33. The minimum Gasteiger partial charge on any atom is -0.435 e. The van der Waals surface area contributed by atoms with Crippen LogP contribution in [-0.2, 0) is 24.2 Å². The third-order valence-electron chi connectivity index (χ3n) is 5.83. The summed E-state index contributed by atoms with van der Waals surface area (Å²) in [4.78, 5) is 21.8. The molecule has 0 bridgehead atoms. The van der Waals surface area contributed by atoms with Crippen molar-refractivity contribution < 1.29 is 18.3 Å². The van der Waals surface area contributed by atoms with Gasteiger partial charge in [-0.15, -0.1) is 0 Å². The van der Waals surface area contributed by atoms with Crippen molar-refractivity contribution in [3.05, 3.63) is 47.3 Å². The van der Waals surface area contributed by atoms with Crippen molar-refractivity contribution in [2.24, 2.45) is 11.8 Å². The molecule has 1 aromatic heterocycles. The molecule has 0 unspecified atom stereocenters. The van der Waals surface area contributed by atoms with E-state index in [0.717, 1.165) is 29.7 Å². The molecule has 0 saturated heterocycles. The highest BCUT2D eigenvalue weighted by atomic mass is 19.3. The number of hydrogen-bond acceptors (Lipinski definition) is 5. The number of nitrogens with one attached hydrogen (secondary N) is 2. The van der Waals surface area contributed by atoms with Crippen LogP contribution in [0.1, 0.15) is 43.0 Å². The highest BCUT2D eigenvalue weighted by Gasteiger charge is 2.29. The second-order valence-electron chi connectivity index (χ2n) is 8.12. The fraction of sp³-hybridized carbons (Fsp3) is 0.500. The molecule has 1 aromatic carbocycles. The molecule has 30 heavy (non-hydrogen) atoms. The smallest absolute Gasteiger partial charge is 0.387 e. The molecular formula is C22H26F2N4O2. The van der Waals surface area contributed by atoms with Gasteiger partial charge in [-0.25, -0.2) is 9.97 Å². The van der Waals surface area contributed by atoms with E-state index in [2.05, 4.69) is 32.3 Å². The van der Waals surface area contributed by atoms with Crippen molar-refractivity contribution in [1.82, 2.24) is 15.3 Å². The van der Waals surface area contributed by atoms with E-state index in [1.165, 1.54) is 25.0 Å². The first kappa shape index (κ1) is 20.5. The van der Waals surface area contributed by atoms with Gasteiger partial charge in [0.2, 0.25) is 11.9 Å². The van der Waals surface area contributed by atoms with E-state index in [1.807, 2.05) is 6.20 Å². The lowest BCUT2D eigenvalue weighted by Crippen LogP contribution is -2.34. The second kappa shape index (κ2) is 8.93. The number of hydrogen-bond donors (Lipinski definition) is 2. The molecule has 1 heterocycles. The number of fused-ring (bicyclic) bond motifs is 1. The van der Waals surface area contributed by atoms with Gasteiger partial charge in [0.05, 0.1) is 0 Å². The Labute approximate surface area is 174 Å². The summed E-state index contributed by atoms with van der Waals surface area (Å²) < 4.78 is 28.8. The summed E-state index contributed by atoms with van der Waals surface area (Å²) in [5, 5.41) is 6.32. The van der Waals surface area contributed by atoms with Gasteiger partial charge >= 0.3 is 6.61 Å². The quantitative estimate of drug-likeness (QED) is 0.686. The summed E-state index contributed by atoms with van der Waals surface area (Å²) >= 11 is 0. The van der Waals surface area contributed by atoms with Crippen LogP contribution in [-0.4, -0.2) is 28.5 Å². The Balaban J connectivity index is 1.31. The Hall–Kier alpha value is -2.77. The predicted octanol–water partition coefficient (Wildman–Crippen LogP) is 3.71. The summed E-state index contributed by atoms with van der Waals surface area (Å²) in [6.07, 6.45) is 6.52. The fourth-order valence-electron chi connectivity index (χ4n) is 3.83. The second-order valence-corrected chi connectivity index (χ2v) is 8.12. The summed E-state index contributed by atoms with van der Waals surface area (Å²) in [5.41, 5.74) is 2.87. The Bertz CT molecular complexity index is 887. The topological polar surface area (TPSA) is 76.1 Å². The number of halogens is 2. The normalized spacial score (nSPS) is 19.1. The first-order valence-corrected chi connectivity index (χ1v) is 10.4. The molecule has 2 atom stereocenters. The van der Waals surface area contributed by atoms with Gasteiger partial charge in [0.1, 0.15) is 5.75 Å². The Morgan fingerprint density at radius 3 is 2.70 bits per heavy atom. The molecule has 0 radical (unpaired) electrons. The molecule has 1 saturated carbocycles. The first-order valence-electron chi connectivity index (χ1n) is 10.4. The first-order chi connectivity index (χ1) is 14.5. The van der Waals surface area contributed by atoms with Crippen LogP contribution in [0.3, 0.4) is 0 Å². The number of carbonyl (C=O) groups is 1. The average Bonchev–Trinajstić information content (AvgIpc) is 3.57. The highest BCUT2D eigenvalue weighted by molar-refractivity contribution is 5.79. The molecule has 0 aliphatic heterocycles. The monoisotopic (exact) mass is 416 g/mol. The van der Waals surface area contributed by atoms with Gasteiger partial charge < -0.3 is 15.4 Å². The molecule has 2 aliphatic rings. The lowest BCUT2D eigenvalue weighted by molar-refractivity contribution is -0.125. The van der Waals surface area contributed by atoms with Crippen LogP contribution in [0.25, 0.3) is 0 Å². The fourth-order valence-corrected chi connectivity index (χ4v) is 3.83. The number of benzene rings is 1. The van der Waals surface area contributed by atoms with Crippen LogP contribution in [0.15, 0.2) is 30.5 Å². The zero-order valence-electron chi connectivity index (χ0n) is 16.9. The third-order valence-corrected chi connectivity index (χ3v) is 5.83. The number of aryl methyl sites for hydroxylation is 1. The number of ether oxygens (including phenoxy) is 1. The van der Waals surface area contributed by atoms with Crippen LogP contribution in [0, 0.1) is 11.8 Å². The molecule has 1 amide bonds. The molecule has 2 aliphatic carbocycles. The molecule has 2 N–H and O–H groups in total. The van der Waals surface area contributed by atoms with Crippen molar-refractivity contribution in [3.63, 3.8) is 0 Å². The predicted molar refractivity (Wildman–Crippen MR) is 108 cm³/mol. The van der Waals surface area contributed by atoms with Gasteiger partial charge in [-0.05, 0) is 61.8 Å². The summed E-state index contributed by atoms with van der Waals surface area (Å²) in [7, 11) is 0. The number of amides is 1. The standard InChI is InChI=1S/C22H26F2N4O2/c1-13(15-4-5-15)27-22-26-12-17-7-6-16(10-19(17)28-22)20(29)25-11-14-2-8-18(9-3-14)30-21(23)24/h2-3,8-9,12-13,15-16,21H,4-7,10-11H2,1H3,(H,25,29)(H,26,27,28)/t13-,16+/m1/s1. The molecule has 8 heteroatoms. The minimum atomic E-state index is -2.85. The molecular weight excluding hydrogens is 390 g/mol. The number of anilines is 1. The molecule has 0 spiro atoms. The van der Waals surface area contributed by atoms with Crippen LogP contribution >= 0.6 is 0 Å². The largest absolute Gasteiger partial charge is 0.435 e.